The van der Waals surface area contributed by atoms with Crippen molar-refractivity contribution in [3.05, 3.63) is 31.7 Å². The Morgan fingerprint density at radius 2 is 1.27 bits per heavy atom. The van der Waals surface area contributed by atoms with Crippen LogP contribution in [0.25, 0.3) is 0 Å². The van der Waals surface area contributed by atoms with Gasteiger partial charge in [-0.25, -0.2) is 8.78 Å². The molecule has 0 radical (unpaired) electrons. The molecule has 0 heterocycles. The molecule has 2 aliphatic rings. The molecule has 1 saturated carbocycles. The maximum atomic E-state index is 13.5. The minimum absolute atomic E-state index is 0.338. The molecule has 1 aromatic carbocycles. The molecule has 0 amide bonds. The van der Waals surface area contributed by atoms with E-state index in [-0.39, 0.29) is 0 Å². The SMILES string of the molecule is Fc1c(F)c(Br)c2c(c1Br)[C@H]1CC[C@H]2C1. The molecule has 0 saturated heterocycles. The maximum Gasteiger partial charge on any atom is 0.174 e. The van der Waals surface area contributed by atoms with E-state index in [9.17, 15) is 8.78 Å². The van der Waals surface area contributed by atoms with Gasteiger partial charge in [0.1, 0.15) is 0 Å². The Balaban J connectivity index is 2.36. The van der Waals surface area contributed by atoms with Gasteiger partial charge in [0, 0.05) is 0 Å². The molecule has 2 bridgehead atoms. The van der Waals surface area contributed by atoms with Crippen LogP contribution in [-0.4, -0.2) is 0 Å². The van der Waals surface area contributed by atoms with Crippen molar-refractivity contribution >= 4 is 31.9 Å². The molecule has 0 aromatic heterocycles. The van der Waals surface area contributed by atoms with Crippen molar-refractivity contribution < 1.29 is 8.78 Å². The first kappa shape index (κ1) is 10.2. The average Bonchev–Trinajstić information content (AvgIpc) is 2.82. The number of halogens is 4. The van der Waals surface area contributed by atoms with Gasteiger partial charge in [-0.2, -0.15) is 0 Å². The van der Waals surface area contributed by atoms with Crippen LogP contribution in [0.3, 0.4) is 0 Å². The lowest BCUT2D eigenvalue weighted by Gasteiger charge is -2.19. The molecule has 0 aliphatic heterocycles. The van der Waals surface area contributed by atoms with Crippen LogP contribution in [-0.2, 0) is 0 Å². The van der Waals surface area contributed by atoms with Crippen LogP contribution in [0.5, 0.6) is 0 Å². The van der Waals surface area contributed by atoms with Crippen molar-refractivity contribution in [1.82, 2.24) is 0 Å². The fourth-order valence-electron chi connectivity index (χ4n) is 2.97. The smallest absolute Gasteiger partial charge is 0.174 e. The Labute approximate surface area is 103 Å². The Morgan fingerprint density at radius 3 is 1.67 bits per heavy atom. The first-order chi connectivity index (χ1) is 7.11. The topological polar surface area (TPSA) is 0 Å². The highest BCUT2D eigenvalue weighted by Gasteiger charge is 2.41. The second-order valence-corrected chi connectivity index (χ2v) is 5.88. The summed E-state index contributed by atoms with van der Waals surface area (Å²) in [6.07, 6.45) is 3.26. The molecule has 0 N–H and O–H groups in total. The summed E-state index contributed by atoms with van der Waals surface area (Å²) in [5, 5.41) is 0. The van der Waals surface area contributed by atoms with Gasteiger partial charge in [0.05, 0.1) is 8.95 Å². The summed E-state index contributed by atoms with van der Waals surface area (Å²) in [6, 6.07) is 0. The minimum atomic E-state index is -0.756. The molecule has 1 fully saturated rings. The Kier molecular flexibility index (Phi) is 2.22. The molecule has 0 nitrogen and oxygen atoms in total. The standard InChI is InChI=1S/C11H8Br2F2/c12-8-6-4-1-2-5(3-4)7(6)9(13)11(15)10(8)14/h4-5H,1-3H2/t4-,5-/m0/s1. The molecular weight excluding hydrogens is 330 g/mol. The Hall–Kier alpha value is 0.0400. The van der Waals surface area contributed by atoms with Gasteiger partial charge in [0.25, 0.3) is 0 Å². The van der Waals surface area contributed by atoms with E-state index in [1.807, 2.05) is 0 Å². The summed E-state index contributed by atoms with van der Waals surface area (Å²) >= 11 is 6.36. The number of rotatable bonds is 0. The van der Waals surface area contributed by atoms with Crippen LogP contribution in [0.15, 0.2) is 8.95 Å². The lowest BCUT2D eigenvalue weighted by Crippen LogP contribution is -2.04. The average molecular weight is 338 g/mol. The zero-order valence-electron chi connectivity index (χ0n) is 7.79. The molecule has 2 atom stereocenters. The van der Waals surface area contributed by atoms with Crippen LogP contribution in [0.4, 0.5) is 8.78 Å². The first-order valence-electron chi connectivity index (χ1n) is 4.97. The fourth-order valence-corrected chi connectivity index (χ4v) is 4.39. The van der Waals surface area contributed by atoms with Crippen LogP contribution < -0.4 is 0 Å². The van der Waals surface area contributed by atoms with Gasteiger partial charge in [-0.05, 0) is 74.1 Å². The lowest BCUT2D eigenvalue weighted by molar-refractivity contribution is 0.493. The van der Waals surface area contributed by atoms with Gasteiger partial charge in [-0.3, -0.25) is 0 Å². The normalized spacial score (nSPS) is 27.2. The van der Waals surface area contributed by atoms with E-state index >= 15 is 0 Å². The molecule has 3 rings (SSSR count). The third-order valence-corrected chi connectivity index (χ3v) is 5.14. The van der Waals surface area contributed by atoms with Crippen molar-refractivity contribution in [2.24, 2.45) is 0 Å². The summed E-state index contributed by atoms with van der Waals surface area (Å²) in [5.74, 6) is -0.669. The monoisotopic (exact) mass is 336 g/mol. The van der Waals surface area contributed by atoms with Crippen molar-refractivity contribution in [1.29, 1.82) is 0 Å². The van der Waals surface area contributed by atoms with E-state index in [2.05, 4.69) is 31.9 Å². The number of hydrogen-bond acceptors (Lipinski definition) is 0. The van der Waals surface area contributed by atoms with Crippen LogP contribution in [0, 0.1) is 11.6 Å². The predicted octanol–water partition coefficient (Wildman–Crippen LogP) is 4.85. The quantitative estimate of drug-likeness (QED) is 0.468. The van der Waals surface area contributed by atoms with E-state index in [0.717, 1.165) is 30.4 Å². The zero-order chi connectivity index (χ0) is 10.7. The summed E-state index contributed by atoms with van der Waals surface area (Å²) in [4.78, 5) is 0. The van der Waals surface area contributed by atoms with E-state index in [1.54, 1.807) is 0 Å². The van der Waals surface area contributed by atoms with Gasteiger partial charge >= 0.3 is 0 Å². The Morgan fingerprint density at radius 1 is 0.867 bits per heavy atom. The molecular formula is C11H8Br2F2. The van der Waals surface area contributed by atoms with Gasteiger partial charge in [0.2, 0.25) is 0 Å². The third-order valence-electron chi connectivity index (χ3n) is 3.59. The Bertz CT molecular complexity index is 416. The number of fused-ring (bicyclic) bond motifs is 5. The van der Waals surface area contributed by atoms with Gasteiger partial charge < -0.3 is 0 Å². The van der Waals surface area contributed by atoms with Gasteiger partial charge in [-0.1, -0.05) is 0 Å². The molecule has 4 heteroatoms. The number of benzene rings is 1. The highest BCUT2D eigenvalue weighted by Crippen LogP contribution is 2.58. The summed E-state index contributed by atoms with van der Waals surface area (Å²) < 4.78 is 27.7. The molecule has 1 aromatic rings. The molecule has 2 aliphatic carbocycles. The van der Waals surface area contributed by atoms with Crippen LogP contribution in [0.2, 0.25) is 0 Å². The van der Waals surface area contributed by atoms with Crippen molar-refractivity contribution in [3.63, 3.8) is 0 Å². The van der Waals surface area contributed by atoms with Gasteiger partial charge in [-0.15, -0.1) is 0 Å². The van der Waals surface area contributed by atoms with E-state index in [1.165, 1.54) is 0 Å². The summed E-state index contributed by atoms with van der Waals surface area (Å²) in [5.41, 5.74) is 1.99. The van der Waals surface area contributed by atoms with E-state index in [4.69, 9.17) is 0 Å². The molecule has 0 unspecified atom stereocenters. The van der Waals surface area contributed by atoms with E-state index < -0.39 is 11.6 Å². The molecule has 0 spiro atoms. The second-order valence-electron chi connectivity index (χ2n) is 4.29. The molecule has 15 heavy (non-hydrogen) atoms. The van der Waals surface area contributed by atoms with Crippen molar-refractivity contribution in [2.45, 2.75) is 31.1 Å². The highest BCUT2D eigenvalue weighted by atomic mass is 79.9. The molecule has 80 valence electrons. The highest BCUT2D eigenvalue weighted by molar-refractivity contribution is 9.11. The fraction of sp³-hybridized carbons (Fsp3) is 0.455. The second kappa shape index (κ2) is 3.27. The number of hydrogen-bond donors (Lipinski definition) is 0. The zero-order valence-corrected chi connectivity index (χ0v) is 11.0. The summed E-state index contributed by atoms with van der Waals surface area (Å²) in [6.45, 7) is 0. The van der Waals surface area contributed by atoms with Crippen LogP contribution >= 0.6 is 31.9 Å². The third kappa shape index (κ3) is 1.21. The summed E-state index contributed by atoms with van der Waals surface area (Å²) in [7, 11) is 0. The van der Waals surface area contributed by atoms with Gasteiger partial charge in [0.15, 0.2) is 11.6 Å². The first-order valence-corrected chi connectivity index (χ1v) is 6.55. The lowest BCUT2D eigenvalue weighted by atomic mass is 9.91. The maximum absolute atomic E-state index is 13.5. The van der Waals surface area contributed by atoms with Crippen LogP contribution in [0.1, 0.15) is 42.2 Å². The van der Waals surface area contributed by atoms with Crippen molar-refractivity contribution in [2.75, 3.05) is 0 Å². The van der Waals surface area contributed by atoms with E-state index in [0.29, 0.717) is 20.8 Å². The van der Waals surface area contributed by atoms with Crippen molar-refractivity contribution in [3.8, 4) is 0 Å². The largest absolute Gasteiger partial charge is 0.202 e. The minimum Gasteiger partial charge on any atom is -0.202 e. The predicted molar refractivity (Wildman–Crippen MR) is 61.1 cm³/mol.